The number of rotatable bonds is 6. The first kappa shape index (κ1) is 45.6. The van der Waals surface area contributed by atoms with E-state index in [9.17, 15) is 0 Å². The van der Waals surface area contributed by atoms with Gasteiger partial charge >= 0.3 is 0 Å². The van der Waals surface area contributed by atoms with Crippen molar-refractivity contribution in [3.8, 4) is 0 Å². The lowest BCUT2D eigenvalue weighted by atomic mass is 10.2. The third kappa shape index (κ3) is 6.12. The van der Waals surface area contributed by atoms with E-state index in [1.54, 1.807) is 12.1 Å². The maximum Gasteiger partial charge on any atom is 0.114 e. The molecule has 0 bridgehead atoms. The third-order valence-corrected chi connectivity index (χ3v) is 108. The van der Waals surface area contributed by atoms with Crippen molar-refractivity contribution in [1.82, 2.24) is 0 Å². The average molecular weight is 790 g/mol. The fourth-order valence-electron chi connectivity index (χ4n) is 17.5. The zero-order valence-electron chi connectivity index (χ0n) is 37.2. The summed E-state index contributed by atoms with van der Waals surface area (Å²) < 4.78 is 0. The van der Waals surface area contributed by atoms with Crippen LogP contribution in [0, 0.1) is 0 Å². The SMILES string of the molecule is CC(C)(C)[Si](CC[Si](Br)([Si](C(C)(C)C)(C(C)(C)C)C(C)(C)C)[Si]1([Si](C(C)(C)C)(C(C)(C)C)C(C)(C)C)CC1)(C(C)(C)C)C(C)(C)C. The Morgan fingerprint density at radius 3 is 0.761 bits per heavy atom. The summed E-state index contributed by atoms with van der Waals surface area (Å²) in [6.45, 7) is 73.1. The summed E-state index contributed by atoms with van der Waals surface area (Å²) >= 11 is 5.49. The molecule has 0 amide bonds. The highest BCUT2D eigenvalue weighted by Gasteiger charge is 2.87. The minimum atomic E-state index is -2.18. The highest BCUT2D eigenvalue weighted by Crippen LogP contribution is 2.80. The molecule has 1 aliphatic rings. The lowest BCUT2D eigenvalue weighted by Crippen LogP contribution is -2.88. The molecule has 276 valence electrons. The molecule has 1 rings (SSSR count). The van der Waals surface area contributed by atoms with Crippen LogP contribution < -0.4 is 0 Å². The summed E-state index contributed by atoms with van der Waals surface area (Å²) in [6.07, 6.45) is 0. The molecular formula is C40H89BrSi5. The van der Waals surface area contributed by atoms with Gasteiger partial charge in [-0.3, -0.25) is 0 Å². The van der Waals surface area contributed by atoms with Crippen molar-refractivity contribution in [2.24, 2.45) is 0 Å². The Morgan fingerprint density at radius 2 is 0.609 bits per heavy atom. The molecule has 0 aliphatic carbocycles. The predicted octanol–water partition coefficient (Wildman–Crippen LogP) is 16.6. The number of halogens is 1. The van der Waals surface area contributed by atoms with Crippen LogP contribution in [0.5, 0.6) is 0 Å². The quantitative estimate of drug-likeness (QED) is 0.186. The Bertz CT molecular complexity index is 961. The second-order valence-electron chi connectivity index (χ2n) is 25.5. The van der Waals surface area contributed by atoms with Crippen LogP contribution in [-0.2, 0) is 0 Å². The molecule has 1 fully saturated rings. The van der Waals surface area contributed by atoms with Crippen molar-refractivity contribution in [1.29, 1.82) is 0 Å². The molecule has 0 nitrogen and oxygen atoms in total. The van der Waals surface area contributed by atoms with Crippen LogP contribution in [0.2, 0.25) is 69.5 Å². The summed E-state index contributed by atoms with van der Waals surface area (Å²) in [6, 6.07) is 6.19. The molecule has 1 unspecified atom stereocenters. The van der Waals surface area contributed by atoms with Gasteiger partial charge in [0.05, 0.1) is 30.4 Å². The summed E-state index contributed by atoms with van der Waals surface area (Å²) in [5, 5.41) is 2.90. The lowest BCUT2D eigenvalue weighted by Gasteiger charge is -2.74. The second-order valence-corrected chi connectivity index (χ2v) is 76.4. The Kier molecular flexibility index (Phi) is 11.9. The third-order valence-electron chi connectivity index (χ3n) is 14.3. The van der Waals surface area contributed by atoms with Crippen LogP contribution in [-0.4, -0.2) is 36.1 Å². The van der Waals surface area contributed by atoms with Crippen molar-refractivity contribution in [2.75, 3.05) is 0 Å². The highest BCUT2D eigenvalue weighted by molar-refractivity contribution is 9.30. The van der Waals surface area contributed by atoms with Gasteiger partial charge in [0.2, 0.25) is 0 Å². The van der Waals surface area contributed by atoms with E-state index in [1.807, 2.05) is 0 Å². The average Bonchev–Trinajstić information content (AvgIpc) is 3.39. The zero-order chi connectivity index (χ0) is 37.8. The fraction of sp³-hybridized carbons (Fsp3) is 1.00. The maximum atomic E-state index is 5.49. The molecule has 1 heterocycles. The highest BCUT2D eigenvalue weighted by atomic mass is 79.9. The molecule has 0 radical (unpaired) electrons. The molecular weight excluding hydrogens is 701 g/mol. The molecule has 0 aromatic carbocycles. The second kappa shape index (κ2) is 12.1. The first-order valence-electron chi connectivity index (χ1n) is 19.1. The minimum Gasteiger partial charge on any atom is -0.133 e. The molecule has 0 spiro atoms. The first-order valence-corrected chi connectivity index (χ1v) is 35.2. The summed E-state index contributed by atoms with van der Waals surface area (Å²) in [5.74, 6) is 0. The van der Waals surface area contributed by atoms with E-state index in [4.69, 9.17) is 15.3 Å². The van der Waals surface area contributed by atoms with Crippen LogP contribution >= 0.6 is 15.3 Å². The monoisotopic (exact) mass is 788 g/mol. The van der Waals surface area contributed by atoms with Gasteiger partial charge in [-0.1, -0.05) is 211 Å². The Labute approximate surface area is 306 Å². The van der Waals surface area contributed by atoms with Crippen LogP contribution in [0.1, 0.15) is 187 Å². The van der Waals surface area contributed by atoms with E-state index < -0.39 is 36.1 Å². The summed E-state index contributed by atoms with van der Waals surface area (Å²) in [4.78, 5) is 0. The largest absolute Gasteiger partial charge is 0.133 e. The van der Waals surface area contributed by atoms with Crippen molar-refractivity contribution in [3.63, 3.8) is 0 Å². The predicted molar refractivity (Wildman–Crippen MR) is 234 cm³/mol. The Balaban J connectivity index is 4.88. The first-order chi connectivity index (χ1) is 19.4. The van der Waals surface area contributed by atoms with E-state index in [0.717, 1.165) is 0 Å². The van der Waals surface area contributed by atoms with Gasteiger partial charge in [0.25, 0.3) is 0 Å². The summed E-state index contributed by atoms with van der Waals surface area (Å²) in [5.41, 5.74) is -2.18. The lowest BCUT2D eigenvalue weighted by molar-refractivity contribution is 0.528. The topological polar surface area (TPSA) is 0 Å². The van der Waals surface area contributed by atoms with Crippen molar-refractivity contribution < 1.29 is 0 Å². The Hall–Kier alpha value is 1.56. The molecule has 0 saturated carbocycles. The van der Waals surface area contributed by atoms with Gasteiger partial charge in [0.1, 0.15) is 5.73 Å². The van der Waals surface area contributed by atoms with E-state index in [0.29, 0.717) is 45.3 Å². The van der Waals surface area contributed by atoms with Gasteiger partial charge in [0.15, 0.2) is 0 Å². The normalized spacial score (nSPS) is 20.1. The van der Waals surface area contributed by atoms with E-state index >= 15 is 0 Å². The van der Waals surface area contributed by atoms with Gasteiger partial charge in [-0.2, -0.15) is 0 Å². The van der Waals surface area contributed by atoms with Crippen molar-refractivity contribution in [3.05, 3.63) is 0 Å². The van der Waals surface area contributed by atoms with Crippen molar-refractivity contribution >= 4 is 51.4 Å². The minimum absolute atomic E-state index is 0.297. The maximum absolute atomic E-state index is 5.49. The molecule has 1 saturated heterocycles. The molecule has 0 aromatic rings. The van der Waals surface area contributed by atoms with Gasteiger partial charge in [0, 0.05) is 0 Å². The van der Waals surface area contributed by atoms with Gasteiger partial charge in [-0.05, 0) is 45.3 Å². The molecule has 46 heavy (non-hydrogen) atoms. The van der Waals surface area contributed by atoms with Crippen LogP contribution in [0.15, 0.2) is 0 Å². The van der Waals surface area contributed by atoms with Gasteiger partial charge in [-0.15, -0.1) is 15.3 Å². The van der Waals surface area contributed by atoms with E-state index in [2.05, 4.69) is 187 Å². The Morgan fingerprint density at radius 1 is 0.370 bits per heavy atom. The molecule has 1 aliphatic heterocycles. The smallest absolute Gasteiger partial charge is 0.114 e. The molecule has 0 aromatic heterocycles. The fourth-order valence-corrected chi connectivity index (χ4v) is 170. The molecule has 0 N–H and O–H groups in total. The van der Waals surface area contributed by atoms with Crippen LogP contribution in [0.4, 0.5) is 0 Å². The summed E-state index contributed by atoms with van der Waals surface area (Å²) in [7, 11) is -8.01. The molecule has 1 atom stereocenters. The van der Waals surface area contributed by atoms with Crippen LogP contribution in [0.3, 0.4) is 0 Å². The zero-order valence-corrected chi connectivity index (χ0v) is 43.8. The van der Waals surface area contributed by atoms with Gasteiger partial charge < -0.3 is 0 Å². The van der Waals surface area contributed by atoms with Crippen LogP contribution in [0.25, 0.3) is 0 Å². The van der Waals surface area contributed by atoms with Gasteiger partial charge in [-0.25, -0.2) is 0 Å². The number of hydrogen-bond acceptors (Lipinski definition) is 0. The van der Waals surface area contributed by atoms with E-state index in [-0.39, 0.29) is 0 Å². The number of hydrogen-bond donors (Lipinski definition) is 0. The van der Waals surface area contributed by atoms with Crippen molar-refractivity contribution in [2.45, 2.75) is 256 Å². The standard InChI is InChI=1S/C40H89BrSi5/c1-32(2,3)43(33(4,5)6,34(7,8)9)30-31-44(41,46(38(19,20)21,39(22,23)24)40(25,26)27)42(28-29-42)45(35(10,11)12,36(13,14)15)37(16,17)18/h28-31H2,1-27H3. The molecule has 6 heteroatoms. The van der Waals surface area contributed by atoms with E-state index in [1.165, 1.54) is 12.1 Å².